The molecule has 1 aromatic carbocycles. The van der Waals surface area contributed by atoms with E-state index < -0.39 is 0 Å². The number of benzene rings is 1. The molecule has 3 rings (SSSR count). The van der Waals surface area contributed by atoms with E-state index in [1.807, 2.05) is 0 Å². The van der Waals surface area contributed by atoms with Gasteiger partial charge in [-0.25, -0.2) is 0 Å². The second kappa shape index (κ2) is 8.88. The van der Waals surface area contributed by atoms with E-state index in [4.69, 9.17) is 0 Å². The van der Waals surface area contributed by atoms with Crippen LogP contribution in [-0.4, -0.2) is 53.9 Å². The Morgan fingerprint density at radius 1 is 1.25 bits per heavy atom. The summed E-state index contributed by atoms with van der Waals surface area (Å²) in [4.78, 5) is 15.5. The number of likely N-dealkylation sites (tertiary alicyclic amines) is 1. The van der Waals surface area contributed by atoms with Gasteiger partial charge in [0.25, 0.3) is 0 Å². The van der Waals surface area contributed by atoms with Crippen LogP contribution >= 0.6 is 11.8 Å². The van der Waals surface area contributed by atoms with Crippen molar-refractivity contribution in [2.24, 2.45) is 0 Å². The number of aliphatic hydroxyl groups excluding tert-OH is 1. The van der Waals surface area contributed by atoms with E-state index >= 15 is 0 Å². The van der Waals surface area contributed by atoms with E-state index in [0.717, 1.165) is 45.4 Å². The average molecular weight is 349 g/mol. The van der Waals surface area contributed by atoms with E-state index in [9.17, 15) is 9.90 Å². The fourth-order valence-electron chi connectivity index (χ4n) is 3.51. The van der Waals surface area contributed by atoms with Gasteiger partial charge < -0.3 is 15.3 Å². The van der Waals surface area contributed by atoms with Gasteiger partial charge in [-0.3, -0.25) is 4.79 Å². The topological polar surface area (TPSA) is 52.6 Å². The highest BCUT2D eigenvalue weighted by atomic mass is 32.2. The molecule has 1 saturated heterocycles. The number of piperidine rings is 1. The minimum Gasteiger partial charge on any atom is -0.393 e. The number of nitrogens with one attached hydrogen (secondary N) is 1. The van der Waals surface area contributed by atoms with Gasteiger partial charge >= 0.3 is 0 Å². The van der Waals surface area contributed by atoms with E-state index in [2.05, 4.69) is 28.4 Å². The molecular weight excluding hydrogens is 320 g/mol. The molecule has 24 heavy (non-hydrogen) atoms. The van der Waals surface area contributed by atoms with Crippen LogP contribution in [0.15, 0.2) is 23.1 Å². The number of carbonyl (C=O) groups excluding carboxylic acids is 1. The molecule has 4 nitrogen and oxygen atoms in total. The molecule has 1 aromatic rings. The molecule has 1 amide bonds. The summed E-state index contributed by atoms with van der Waals surface area (Å²) < 4.78 is 0. The number of amides is 1. The van der Waals surface area contributed by atoms with Gasteiger partial charge in [-0.1, -0.05) is 6.07 Å². The lowest BCUT2D eigenvalue weighted by molar-refractivity contribution is -0.118. The predicted molar refractivity (Wildman–Crippen MR) is 98.5 cm³/mol. The predicted octanol–water partition coefficient (Wildman–Crippen LogP) is 2.23. The zero-order chi connectivity index (χ0) is 16.8. The minimum absolute atomic E-state index is 0.114. The van der Waals surface area contributed by atoms with E-state index in [-0.39, 0.29) is 12.0 Å². The summed E-state index contributed by atoms with van der Waals surface area (Å²) in [6.45, 7) is 3.69. The summed E-state index contributed by atoms with van der Waals surface area (Å²) in [7, 11) is 0. The van der Waals surface area contributed by atoms with Gasteiger partial charge in [0, 0.05) is 24.5 Å². The smallest absolute Gasteiger partial charge is 0.230 e. The van der Waals surface area contributed by atoms with Gasteiger partial charge in [-0.15, -0.1) is 11.8 Å². The normalized spacial score (nSPS) is 18.5. The Morgan fingerprint density at radius 3 is 2.88 bits per heavy atom. The molecule has 0 aromatic heterocycles. The first-order valence-electron chi connectivity index (χ1n) is 9.12. The van der Waals surface area contributed by atoms with Crippen LogP contribution in [0.1, 0.15) is 36.8 Å². The molecule has 0 radical (unpaired) electrons. The standard InChI is InChI=1S/C19H28N2O2S/c22-17-7-11-21(12-8-17)10-2-9-20-19(23)14-24-18-6-5-15-3-1-4-16(15)13-18/h5-6,13,17,22H,1-4,7-12,14H2,(H,20,23). The third-order valence-corrected chi connectivity index (χ3v) is 5.96. The van der Waals surface area contributed by atoms with Crippen molar-refractivity contribution < 1.29 is 9.90 Å². The SMILES string of the molecule is O=C(CSc1ccc2c(c1)CCC2)NCCCN1CCC(O)CC1. The van der Waals surface area contributed by atoms with Crippen LogP contribution in [0.3, 0.4) is 0 Å². The highest BCUT2D eigenvalue weighted by Crippen LogP contribution is 2.27. The molecular formula is C19H28N2O2S. The summed E-state index contributed by atoms with van der Waals surface area (Å²) in [5.41, 5.74) is 2.95. The Hall–Kier alpha value is -1.04. The van der Waals surface area contributed by atoms with Gasteiger partial charge in [0.15, 0.2) is 0 Å². The van der Waals surface area contributed by atoms with Crippen molar-refractivity contribution in [3.8, 4) is 0 Å². The maximum absolute atomic E-state index is 12.0. The van der Waals surface area contributed by atoms with Crippen LogP contribution in [0.2, 0.25) is 0 Å². The Kier molecular flexibility index (Phi) is 6.58. The molecule has 0 unspecified atom stereocenters. The molecule has 0 spiro atoms. The summed E-state index contributed by atoms with van der Waals surface area (Å²) in [5, 5.41) is 12.5. The number of hydrogen-bond acceptors (Lipinski definition) is 4. The molecule has 0 saturated carbocycles. The summed E-state index contributed by atoms with van der Waals surface area (Å²) in [6.07, 6.45) is 6.27. The zero-order valence-electron chi connectivity index (χ0n) is 14.3. The average Bonchev–Trinajstić information content (AvgIpc) is 3.06. The van der Waals surface area contributed by atoms with Crippen LogP contribution in [-0.2, 0) is 17.6 Å². The molecule has 1 aliphatic carbocycles. The first-order valence-corrected chi connectivity index (χ1v) is 10.1. The number of fused-ring (bicyclic) bond motifs is 1. The lowest BCUT2D eigenvalue weighted by Crippen LogP contribution is -2.37. The van der Waals surface area contributed by atoms with Gasteiger partial charge in [0.05, 0.1) is 11.9 Å². The molecule has 1 heterocycles. The number of rotatable bonds is 7. The number of aliphatic hydroxyl groups is 1. The Labute approximate surface area is 149 Å². The Bertz CT molecular complexity index is 556. The molecule has 0 atom stereocenters. The summed E-state index contributed by atoms with van der Waals surface area (Å²) in [6, 6.07) is 6.62. The molecule has 0 bridgehead atoms. The largest absolute Gasteiger partial charge is 0.393 e. The number of nitrogens with zero attached hydrogens (tertiary/aromatic N) is 1. The van der Waals surface area contributed by atoms with Crippen LogP contribution in [0.5, 0.6) is 0 Å². The fourth-order valence-corrected chi connectivity index (χ4v) is 4.30. The fraction of sp³-hybridized carbons (Fsp3) is 0.632. The van der Waals surface area contributed by atoms with E-state index in [0.29, 0.717) is 5.75 Å². The number of thioether (sulfide) groups is 1. The second-order valence-corrected chi connectivity index (χ2v) is 7.90. The van der Waals surface area contributed by atoms with Crippen molar-refractivity contribution >= 4 is 17.7 Å². The molecule has 2 N–H and O–H groups in total. The number of carbonyl (C=O) groups is 1. The van der Waals surface area contributed by atoms with E-state index in [1.165, 1.54) is 35.3 Å². The lowest BCUT2D eigenvalue weighted by atomic mass is 10.1. The summed E-state index contributed by atoms with van der Waals surface area (Å²) in [5.74, 6) is 0.615. The highest BCUT2D eigenvalue weighted by molar-refractivity contribution is 8.00. The van der Waals surface area contributed by atoms with Crippen molar-refractivity contribution in [3.63, 3.8) is 0 Å². The second-order valence-electron chi connectivity index (χ2n) is 6.85. The van der Waals surface area contributed by atoms with Crippen molar-refractivity contribution in [1.29, 1.82) is 0 Å². The van der Waals surface area contributed by atoms with Crippen molar-refractivity contribution in [1.82, 2.24) is 10.2 Å². The van der Waals surface area contributed by atoms with Gasteiger partial charge in [-0.05, 0) is 68.3 Å². The molecule has 132 valence electrons. The Balaban J connectivity index is 1.29. The van der Waals surface area contributed by atoms with Crippen LogP contribution in [0, 0.1) is 0 Å². The molecule has 5 heteroatoms. The van der Waals surface area contributed by atoms with Gasteiger partial charge in [0.1, 0.15) is 0 Å². The molecule has 2 aliphatic rings. The monoisotopic (exact) mass is 348 g/mol. The zero-order valence-corrected chi connectivity index (χ0v) is 15.1. The third kappa shape index (κ3) is 5.23. The molecule has 1 aliphatic heterocycles. The van der Waals surface area contributed by atoms with Crippen LogP contribution in [0.25, 0.3) is 0 Å². The number of aryl methyl sites for hydroxylation is 2. The van der Waals surface area contributed by atoms with Crippen LogP contribution < -0.4 is 5.32 Å². The highest BCUT2D eigenvalue weighted by Gasteiger charge is 2.16. The summed E-state index contributed by atoms with van der Waals surface area (Å²) >= 11 is 1.63. The van der Waals surface area contributed by atoms with E-state index in [1.54, 1.807) is 11.8 Å². The minimum atomic E-state index is -0.114. The molecule has 1 fully saturated rings. The lowest BCUT2D eigenvalue weighted by Gasteiger charge is -2.29. The van der Waals surface area contributed by atoms with Crippen molar-refractivity contribution in [2.45, 2.75) is 49.5 Å². The quantitative estimate of drug-likeness (QED) is 0.586. The Morgan fingerprint density at radius 2 is 2.04 bits per heavy atom. The van der Waals surface area contributed by atoms with Crippen molar-refractivity contribution in [3.05, 3.63) is 29.3 Å². The van der Waals surface area contributed by atoms with Gasteiger partial charge in [0.2, 0.25) is 5.91 Å². The van der Waals surface area contributed by atoms with Gasteiger partial charge in [-0.2, -0.15) is 0 Å². The first kappa shape index (κ1) is 17.8. The maximum atomic E-state index is 12.0. The maximum Gasteiger partial charge on any atom is 0.230 e. The third-order valence-electron chi connectivity index (χ3n) is 4.97. The van der Waals surface area contributed by atoms with Crippen LogP contribution in [0.4, 0.5) is 0 Å². The first-order chi connectivity index (χ1) is 11.7. The van der Waals surface area contributed by atoms with Crippen molar-refractivity contribution in [2.75, 3.05) is 31.9 Å². The number of hydrogen-bond donors (Lipinski definition) is 2.